The Kier molecular flexibility index (Phi) is 4.01. The van der Waals surface area contributed by atoms with E-state index >= 15 is 0 Å². The number of nitrogens with zero attached hydrogens (tertiary/aromatic N) is 2. The summed E-state index contributed by atoms with van der Waals surface area (Å²) in [4.78, 5) is 21.4. The van der Waals surface area contributed by atoms with Crippen molar-refractivity contribution < 1.29 is 14.5 Å². The summed E-state index contributed by atoms with van der Waals surface area (Å²) >= 11 is 5.56. The summed E-state index contributed by atoms with van der Waals surface area (Å²) in [6, 6.07) is 4.04. The van der Waals surface area contributed by atoms with E-state index in [9.17, 15) is 14.9 Å². The first-order chi connectivity index (χ1) is 8.04. The predicted octanol–water partition coefficient (Wildman–Crippen LogP) is 1.99. The van der Waals surface area contributed by atoms with Gasteiger partial charge in [-0.05, 0) is 11.6 Å². The highest BCUT2D eigenvalue weighted by atomic mass is 35.5. The molecule has 0 N–H and O–H groups in total. The molecule has 0 saturated carbocycles. The second-order valence-corrected chi connectivity index (χ2v) is 3.29. The first kappa shape index (κ1) is 12.9. The summed E-state index contributed by atoms with van der Waals surface area (Å²) in [5, 5.41) is 19.6. The second kappa shape index (κ2) is 5.27. The average molecular weight is 255 g/mol. The standard InChI is InChI=1S/C10H7ClN2O4/c1-17-10(14)8-2-7(5-12)6(4-11)3-9(8)13(15)16/h2-3H,4H2,1H3. The zero-order valence-electron chi connectivity index (χ0n) is 8.77. The maximum atomic E-state index is 11.3. The number of ether oxygens (including phenoxy) is 1. The van der Waals surface area contributed by atoms with Crippen LogP contribution >= 0.6 is 11.6 Å². The van der Waals surface area contributed by atoms with Crippen molar-refractivity contribution in [2.75, 3.05) is 7.11 Å². The number of nitro benzene ring substituents is 1. The van der Waals surface area contributed by atoms with Gasteiger partial charge >= 0.3 is 5.97 Å². The van der Waals surface area contributed by atoms with Gasteiger partial charge in [0.2, 0.25) is 0 Å². The minimum atomic E-state index is -0.866. The Morgan fingerprint density at radius 1 is 1.65 bits per heavy atom. The van der Waals surface area contributed by atoms with Crippen LogP contribution in [0.25, 0.3) is 0 Å². The summed E-state index contributed by atoms with van der Waals surface area (Å²) in [6.07, 6.45) is 0. The maximum Gasteiger partial charge on any atom is 0.344 e. The molecule has 0 unspecified atom stereocenters. The molecule has 7 heteroatoms. The third-order valence-electron chi connectivity index (χ3n) is 2.09. The number of methoxy groups -OCH3 is 1. The van der Waals surface area contributed by atoms with E-state index in [1.165, 1.54) is 0 Å². The van der Waals surface area contributed by atoms with Crippen molar-refractivity contribution >= 4 is 23.3 Å². The Balaban J connectivity index is 3.52. The Bertz CT molecular complexity index is 522. The van der Waals surface area contributed by atoms with Crippen LogP contribution in [0.5, 0.6) is 0 Å². The summed E-state index contributed by atoms with van der Waals surface area (Å²) < 4.78 is 4.41. The molecule has 1 rings (SSSR count). The van der Waals surface area contributed by atoms with E-state index in [0.717, 1.165) is 19.2 Å². The molecule has 88 valence electrons. The number of nitriles is 1. The molecule has 0 saturated heterocycles. The molecule has 0 aliphatic heterocycles. The van der Waals surface area contributed by atoms with E-state index in [4.69, 9.17) is 16.9 Å². The molecule has 0 aliphatic carbocycles. The monoisotopic (exact) mass is 254 g/mol. The van der Waals surface area contributed by atoms with Crippen molar-refractivity contribution in [3.05, 3.63) is 38.9 Å². The maximum absolute atomic E-state index is 11.3. The number of alkyl halides is 1. The number of benzene rings is 1. The summed E-state index contributed by atoms with van der Waals surface area (Å²) in [7, 11) is 1.10. The minimum absolute atomic E-state index is 0.0504. The van der Waals surface area contributed by atoms with Crippen molar-refractivity contribution in [3.8, 4) is 6.07 Å². The molecular weight excluding hydrogens is 248 g/mol. The number of esters is 1. The van der Waals surface area contributed by atoms with Crippen LogP contribution in [0.15, 0.2) is 12.1 Å². The van der Waals surface area contributed by atoms with Crippen LogP contribution in [-0.4, -0.2) is 18.0 Å². The molecule has 0 radical (unpaired) electrons. The number of rotatable bonds is 3. The van der Waals surface area contributed by atoms with Crippen LogP contribution in [0.2, 0.25) is 0 Å². The van der Waals surface area contributed by atoms with E-state index < -0.39 is 16.6 Å². The van der Waals surface area contributed by atoms with Crippen molar-refractivity contribution in [1.82, 2.24) is 0 Å². The normalized spacial score (nSPS) is 9.47. The summed E-state index contributed by atoms with van der Waals surface area (Å²) in [6.45, 7) is 0. The molecule has 0 fully saturated rings. The number of carbonyl (C=O) groups is 1. The molecule has 17 heavy (non-hydrogen) atoms. The van der Waals surface area contributed by atoms with Gasteiger partial charge in [-0.3, -0.25) is 10.1 Å². The fraction of sp³-hybridized carbons (Fsp3) is 0.200. The van der Waals surface area contributed by atoms with Crippen molar-refractivity contribution in [2.45, 2.75) is 5.88 Å². The van der Waals surface area contributed by atoms with E-state index in [0.29, 0.717) is 5.56 Å². The SMILES string of the molecule is COC(=O)c1cc(C#N)c(CCl)cc1[N+](=O)[O-]. The highest BCUT2D eigenvalue weighted by molar-refractivity contribution is 6.17. The molecule has 0 aromatic heterocycles. The number of hydrogen-bond acceptors (Lipinski definition) is 5. The van der Waals surface area contributed by atoms with Gasteiger partial charge in [0.05, 0.1) is 23.7 Å². The van der Waals surface area contributed by atoms with Gasteiger partial charge in [0.25, 0.3) is 5.69 Å². The lowest BCUT2D eigenvalue weighted by Gasteiger charge is -2.04. The van der Waals surface area contributed by atoms with Gasteiger partial charge in [0.1, 0.15) is 5.56 Å². The average Bonchev–Trinajstić information content (AvgIpc) is 2.35. The highest BCUT2D eigenvalue weighted by Crippen LogP contribution is 2.25. The van der Waals surface area contributed by atoms with E-state index in [1.54, 1.807) is 0 Å². The van der Waals surface area contributed by atoms with Crippen molar-refractivity contribution in [1.29, 1.82) is 5.26 Å². The van der Waals surface area contributed by atoms with E-state index in [1.807, 2.05) is 6.07 Å². The topological polar surface area (TPSA) is 93.2 Å². The van der Waals surface area contributed by atoms with Crippen molar-refractivity contribution in [3.63, 3.8) is 0 Å². The molecular formula is C10H7ClN2O4. The highest BCUT2D eigenvalue weighted by Gasteiger charge is 2.23. The van der Waals surface area contributed by atoms with Crippen LogP contribution < -0.4 is 0 Å². The molecule has 0 spiro atoms. The molecule has 0 atom stereocenters. The van der Waals surface area contributed by atoms with Gasteiger partial charge in [-0.25, -0.2) is 4.79 Å². The predicted molar refractivity (Wildman–Crippen MR) is 58.7 cm³/mol. The molecule has 0 heterocycles. The van der Waals surface area contributed by atoms with Gasteiger partial charge in [-0.2, -0.15) is 5.26 Å². The summed E-state index contributed by atoms with van der Waals surface area (Å²) in [5.41, 5.74) is -0.270. The van der Waals surface area contributed by atoms with E-state index in [-0.39, 0.29) is 17.0 Å². The first-order valence-corrected chi connectivity index (χ1v) is 4.94. The van der Waals surface area contributed by atoms with Gasteiger partial charge < -0.3 is 4.74 Å². The number of halogens is 1. The summed E-state index contributed by atoms with van der Waals surface area (Å²) in [5.74, 6) is -0.917. The third kappa shape index (κ3) is 2.52. The molecule has 0 aliphatic rings. The fourth-order valence-electron chi connectivity index (χ4n) is 1.27. The van der Waals surface area contributed by atoms with E-state index in [2.05, 4.69) is 4.74 Å². The van der Waals surface area contributed by atoms with Crippen LogP contribution in [0.4, 0.5) is 5.69 Å². The Morgan fingerprint density at radius 2 is 2.29 bits per heavy atom. The number of carbonyl (C=O) groups excluding carboxylic acids is 1. The lowest BCUT2D eigenvalue weighted by molar-refractivity contribution is -0.385. The van der Waals surface area contributed by atoms with Crippen LogP contribution in [0.3, 0.4) is 0 Å². The van der Waals surface area contributed by atoms with Crippen LogP contribution in [0, 0.1) is 21.4 Å². The van der Waals surface area contributed by atoms with Gasteiger partial charge in [0, 0.05) is 11.9 Å². The lowest BCUT2D eigenvalue weighted by atomic mass is 10.0. The van der Waals surface area contributed by atoms with Gasteiger partial charge in [0.15, 0.2) is 0 Å². The molecule has 1 aromatic rings. The number of hydrogen-bond donors (Lipinski definition) is 0. The fourth-order valence-corrected chi connectivity index (χ4v) is 1.49. The Labute approximate surface area is 102 Å². The molecule has 6 nitrogen and oxygen atoms in total. The largest absolute Gasteiger partial charge is 0.465 e. The smallest absolute Gasteiger partial charge is 0.344 e. The quantitative estimate of drug-likeness (QED) is 0.356. The third-order valence-corrected chi connectivity index (χ3v) is 2.38. The van der Waals surface area contributed by atoms with Gasteiger partial charge in [-0.1, -0.05) is 0 Å². The lowest BCUT2D eigenvalue weighted by Crippen LogP contribution is -2.07. The van der Waals surface area contributed by atoms with Crippen molar-refractivity contribution in [2.24, 2.45) is 0 Å². The second-order valence-electron chi connectivity index (χ2n) is 3.02. The zero-order valence-corrected chi connectivity index (χ0v) is 9.52. The van der Waals surface area contributed by atoms with Gasteiger partial charge in [-0.15, -0.1) is 11.6 Å². The molecule has 0 amide bonds. The van der Waals surface area contributed by atoms with Crippen LogP contribution in [0.1, 0.15) is 21.5 Å². The molecule has 0 bridgehead atoms. The molecule has 1 aromatic carbocycles. The zero-order chi connectivity index (χ0) is 13.0. The first-order valence-electron chi connectivity index (χ1n) is 4.40. The number of nitro groups is 1. The Morgan fingerprint density at radius 3 is 2.71 bits per heavy atom. The minimum Gasteiger partial charge on any atom is -0.465 e. The Hall–Kier alpha value is -2.13. The van der Waals surface area contributed by atoms with Crippen LogP contribution in [-0.2, 0) is 10.6 Å².